The summed E-state index contributed by atoms with van der Waals surface area (Å²) in [5.74, 6) is -1.10. The third-order valence-corrected chi connectivity index (χ3v) is 4.06. The number of phenols is 1. The SMILES string of the molecule is C/C(=C(/Cl)N1CCOCCN1C=O)c1cc(NC=O)c(O)cc1F.CC(F)(F)Br. The van der Waals surface area contributed by atoms with Crippen LogP contribution < -0.4 is 5.32 Å². The Morgan fingerprint density at radius 1 is 1.34 bits per heavy atom. The van der Waals surface area contributed by atoms with Gasteiger partial charge in [-0.1, -0.05) is 11.6 Å². The molecular formula is C17H20BrClF3N3O4. The number of hydrazine groups is 1. The predicted octanol–water partition coefficient (Wildman–Crippen LogP) is 3.73. The maximum atomic E-state index is 14.2. The fourth-order valence-corrected chi connectivity index (χ4v) is 2.60. The molecule has 7 nitrogen and oxygen atoms in total. The van der Waals surface area contributed by atoms with Crippen LogP contribution in [0.2, 0.25) is 0 Å². The van der Waals surface area contributed by atoms with Gasteiger partial charge in [-0.3, -0.25) is 19.6 Å². The number of halogens is 5. The topological polar surface area (TPSA) is 82.1 Å². The van der Waals surface area contributed by atoms with Gasteiger partial charge < -0.3 is 15.2 Å². The largest absolute Gasteiger partial charge is 0.506 e. The first-order valence-electron chi connectivity index (χ1n) is 8.22. The lowest BCUT2D eigenvalue weighted by atomic mass is 10.1. The molecule has 0 aliphatic carbocycles. The zero-order valence-electron chi connectivity index (χ0n) is 15.6. The van der Waals surface area contributed by atoms with E-state index in [2.05, 4.69) is 5.32 Å². The first kappa shape index (κ1) is 25.1. The van der Waals surface area contributed by atoms with Gasteiger partial charge >= 0.3 is 0 Å². The second-order valence-electron chi connectivity index (χ2n) is 5.81. The number of ether oxygens (including phenoxy) is 1. The minimum atomic E-state index is -2.69. The molecule has 29 heavy (non-hydrogen) atoms. The van der Waals surface area contributed by atoms with E-state index in [1.165, 1.54) is 16.1 Å². The van der Waals surface area contributed by atoms with E-state index < -0.39 is 16.4 Å². The van der Waals surface area contributed by atoms with Crippen molar-refractivity contribution >= 4 is 51.6 Å². The number of benzene rings is 1. The lowest BCUT2D eigenvalue weighted by Crippen LogP contribution is -2.41. The minimum Gasteiger partial charge on any atom is -0.506 e. The van der Waals surface area contributed by atoms with Gasteiger partial charge in [-0.15, -0.1) is 0 Å². The third kappa shape index (κ3) is 8.11. The quantitative estimate of drug-likeness (QED) is 0.278. The summed E-state index contributed by atoms with van der Waals surface area (Å²) < 4.78 is 41.4. The van der Waals surface area contributed by atoms with Crippen LogP contribution in [0.1, 0.15) is 19.4 Å². The van der Waals surface area contributed by atoms with Gasteiger partial charge in [0.25, 0.3) is 4.83 Å². The van der Waals surface area contributed by atoms with Crippen LogP contribution in [0.15, 0.2) is 17.3 Å². The number of allylic oxidation sites excluding steroid dienone is 1. The number of hydrogen-bond acceptors (Lipinski definition) is 5. The molecule has 2 N–H and O–H groups in total. The number of carbonyl (C=O) groups is 2. The van der Waals surface area contributed by atoms with Crippen molar-refractivity contribution in [1.29, 1.82) is 0 Å². The monoisotopic (exact) mass is 501 g/mol. The number of phenolic OH excluding ortho intramolecular Hbond substituents is 1. The molecule has 1 aromatic carbocycles. The molecule has 12 heteroatoms. The van der Waals surface area contributed by atoms with Crippen molar-refractivity contribution in [3.05, 3.63) is 28.7 Å². The highest BCUT2D eigenvalue weighted by Gasteiger charge is 2.22. The summed E-state index contributed by atoms with van der Waals surface area (Å²) in [6.07, 6.45) is 0.995. The molecule has 0 atom stereocenters. The Hall–Kier alpha value is -1.98. The maximum Gasteiger partial charge on any atom is 0.298 e. The predicted molar refractivity (Wildman–Crippen MR) is 106 cm³/mol. The van der Waals surface area contributed by atoms with Crippen LogP contribution in [0.25, 0.3) is 5.57 Å². The number of hydrogen-bond donors (Lipinski definition) is 2. The molecule has 162 valence electrons. The van der Waals surface area contributed by atoms with E-state index >= 15 is 0 Å². The Labute approximate surface area is 179 Å². The van der Waals surface area contributed by atoms with Gasteiger partial charge in [-0.05, 0) is 34.5 Å². The Kier molecular flexibility index (Phi) is 9.74. The first-order valence-corrected chi connectivity index (χ1v) is 9.40. The molecule has 0 unspecified atom stereocenters. The molecule has 1 saturated heterocycles. The zero-order valence-corrected chi connectivity index (χ0v) is 17.9. The summed E-state index contributed by atoms with van der Waals surface area (Å²) in [4.78, 5) is 19.1. The van der Waals surface area contributed by atoms with Crippen LogP contribution in [0.5, 0.6) is 5.75 Å². The smallest absolute Gasteiger partial charge is 0.298 e. The number of rotatable bonds is 5. The third-order valence-electron chi connectivity index (χ3n) is 3.58. The molecular weight excluding hydrogens is 483 g/mol. The van der Waals surface area contributed by atoms with E-state index in [1.807, 2.05) is 15.9 Å². The van der Waals surface area contributed by atoms with E-state index in [0.717, 1.165) is 13.0 Å². The van der Waals surface area contributed by atoms with Crippen LogP contribution in [0.3, 0.4) is 0 Å². The second kappa shape index (κ2) is 11.3. The van der Waals surface area contributed by atoms with Crippen LogP contribution in [0.4, 0.5) is 18.9 Å². The Balaban J connectivity index is 0.000000749. The number of carbonyl (C=O) groups excluding carboxylic acids is 2. The molecule has 1 fully saturated rings. The minimum absolute atomic E-state index is 0.0525. The van der Waals surface area contributed by atoms with Crippen molar-refractivity contribution in [2.24, 2.45) is 0 Å². The molecule has 2 rings (SSSR count). The summed E-state index contributed by atoms with van der Waals surface area (Å²) in [7, 11) is 0. The average Bonchev–Trinajstić information content (AvgIpc) is 2.87. The normalized spacial score (nSPS) is 15.6. The van der Waals surface area contributed by atoms with Gasteiger partial charge in [0.1, 0.15) is 16.7 Å². The molecule has 0 spiro atoms. The number of amides is 2. The van der Waals surface area contributed by atoms with Crippen molar-refractivity contribution in [3.63, 3.8) is 0 Å². The van der Waals surface area contributed by atoms with E-state index in [4.69, 9.17) is 16.3 Å². The van der Waals surface area contributed by atoms with Gasteiger partial charge in [-0.25, -0.2) is 4.39 Å². The van der Waals surface area contributed by atoms with E-state index in [-0.39, 0.29) is 16.4 Å². The molecule has 1 aliphatic rings. The standard InChI is InChI=1S/C15H17ClFN3O4.C2H3BrF2/c1-10(11-6-13(18-8-21)14(23)7-12(11)17)15(16)20-3-5-24-4-2-19(20)9-22;1-2(3,4)5/h6-9,23H,2-5H2,1H3,(H,18,21);1H3/b15-10+;. The lowest BCUT2D eigenvalue weighted by Gasteiger charge is -2.31. The Morgan fingerprint density at radius 3 is 2.48 bits per heavy atom. The Bertz CT molecular complexity index is 756. The maximum absolute atomic E-state index is 14.2. The van der Waals surface area contributed by atoms with E-state index in [9.17, 15) is 27.9 Å². The van der Waals surface area contributed by atoms with Gasteiger partial charge in [0.2, 0.25) is 12.8 Å². The van der Waals surface area contributed by atoms with Crippen LogP contribution in [0, 0.1) is 5.82 Å². The molecule has 0 bridgehead atoms. The molecule has 2 amide bonds. The van der Waals surface area contributed by atoms with Crippen molar-refractivity contribution in [3.8, 4) is 5.75 Å². The first-order chi connectivity index (χ1) is 13.5. The fourth-order valence-electron chi connectivity index (χ4n) is 2.31. The van der Waals surface area contributed by atoms with Gasteiger partial charge in [0.05, 0.1) is 32.0 Å². The fraction of sp³-hybridized carbons (Fsp3) is 0.412. The number of anilines is 1. The van der Waals surface area contributed by atoms with Gasteiger partial charge in [-0.2, -0.15) is 8.78 Å². The highest BCUT2D eigenvalue weighted by molar-refractivity contribution is 9.09. The van der Waals surface area contributed by atoms with Crippen molar-refractivity contribution in [2.45, 2.75) is 18.7 Å². The molecule has 0 radical (unpaired) electrons. The number of nitrogens with one attached hydrogen (secondary N) is 1. The highest BCUT2D eigenvalue weighted by Crippen LogP contribution is 2.33. The zero-order chi connectivity index (χ0) is 22.2. The van der Waals surface area contributed by atoms with Crippen LogP contribution in [-0.2, 0) is 14.3 Å². The highest BCUT2D eigenvalue weighted by atomic mass is 79.9. The van der Waals surface area contributed by atoms with Gasteiger partial charge in [0.15, 0.2) is 0 Å². The number of alkyl halides is 3. The van der Waals surface area contributed by atoms with Crippen molar-refractivity contribution in [2.75, 3.05) is 31.6 Å². The number of aromatic hydroxyl groups is 1. The van der Waals surface area contributed by atoms with Crippen molar-refractivity contribution in [1.82, 2.24) is 10.0 Å². The molecule has 1 heterocycles. The van der Waals surface area contributed by atoms with Crippen molar-refractivity contribution < 1.29 is 32.6 Å². The average molecular weight is 503 g/mol. The molecule has 0 saturated carbocycles. The summed E-state index contributed by atoms with van der Waals surface area (Å²) in [6, 6.07) is 2.16. The summed E-state index contributed by atoms with van der Waals surface area (Å²) >= 11 is 8.40. The number of nitrogens with zero attached hydrogens (tertiary/aromatic N) is 2. The Morgan fingerprint density at radius 2 is 1.93 bits per heavy atom. The molecule has 1 aromatic rings. The molecule has 0 aromatic heterocycles. The summed E-state index contributed by atoms with van der Waals surface area (Å²) in [5.41, 5.74) is 0.492. The summed E-state index contributed by atoms with van der Waals surface area (Å²) in [6.45, 7) is 3.74. The lowest BCUT2D eigenvalue weighted by molar-refractivity contribution is -0.129. The summed E-state index contributed by atoms with van der Waals surface area (Å²) in [5, 5.41) is 14.9. The van der Waals surface area contributed by atoms with Crippen LogP contribution in [-0.4, -0.2) is 59.1 Å². The second-order valence-corrected chi connectivity index (χ2v) is 7.56. The van der Waals surface area contributed by atoms with E-state index in [0.29, 0.717) is 44.7 Å². The van der Waals surface area contributed by atoms with E-state index in [1.54, 1.807) is 6.92 Å². The molecule has 1 aliphatic heterocycles. The van der Waals surface area contributed by atoms with Crippen LogP contribution >= 0.6 is 27.5 Å². The van der Waals surface area contributed by atoms with Gasteiger partial charge in [0, 0.05) is 18.6 Å².